The van der Waals surface area contributed by atoms with Gasteiger partial charge >= 0.3 is 0 Å². The van der Waals surface area contributed by atoms with E-state index in [4.69, 9.17) is 9.15 Å². The number of methoxy groups -OCH3 is 1. The number of carbonyl (C=O) groups is 2. The quantitative estimate of drug-likeness (QED) is 0.695. The summed E-state index contributed by atoms with van der Waals surface area (Å²) in [6.45, 7) is 0.659. The second-order valence-corrected chi connectivity index (χ2v) is 7.13. The van der Waals surface area contributed by atoms with Gasteiger partial charge in [-0.15, -0.1) is 0 Å². The molecule has 29 heavy (non-hydrogen) atoms. The number of ether oxygens (including phenoxy) is 1. The predicted molar refractivity (Wildman–Crippen MR) is 108 cm³/mol. The molecule has 2 heterocycles. The molecule has 1 saturated heterocycles. The minimum absolute atomic E-state index is 0.127. The number of rotatable bonds is 5. The van der Waals surface area contributed by atoms with Gasteiger partial charge in [-0.2, -0.15) is 0 Å². The van der Waals surface area contributed by atoms with Crippen LogP contribution >= 0.6 is 0 Å². The van der Waals surface area contributed by atoms with Crippen LogP contribution in [0.1, 0.15) is 41.1 Å². The monoisotopic (exact) mass is 393 g/mol. The smallest absolute Gasteiger partial charge is 0.252 e. The third-order valence-electron chi connectivity index (χ3n) is 5.05. The Bertz CT molecular complexity index is 1030. The Hall–Kier alpha value is -3.35. The number of benzene rings is 2. The van der Waals surface area contributed by atoms with Crippen molar-refractivity contribution in [2.75, 3.05) is 13.7 Å². The largest absolute Gasteiger partial charge is 0.497 e. The van der Waals surface area contributed by atoms with Crippen LogP contribution in [0.3, 0.4) is 0 Å². The van der Waals surface area contributed by atoms with Gasteiger partial charge in [-0.05, 0) is 55.2 Å². The molecule has 2 N–H and O–H groups in total. The number of hydrogen-bond donors (Lipinski definition) is 2. The number of nitrogens with one attached hydrogen (secondary N) is 2. The molecule has 3 aromatic rings. The normalized spacial score (nSPS) is 16.9. The summed E-state index contributed by atoms with van der Waals surface area (Å²) in [4.78, 5) is 29.2. The highest BCUT2D eigenvalue weighted by atomic mass is 16.5. The molecule has 0 bridgehead atoms. The second-order valence-electron chi connectivity index (χ2n) is 7.13. The van der Waals surface area contributed by atoms with E-state index in [0.29, 0.717) is 41.9 Å². The van der Waals surface area contributed by atoms with E-state index in [1.165, 1.54) is 0 Å². The Labute approximate surface area is 168 Å². The molecule has 7 nitrogen and oxygen atoms in total. The number of hydrogen-bond acceptors (Lipinski definition) is 5. The minimum Gasteiger partial charge on any atom is -0.497 e. The van der Waals surface area contributed by atoms with Gasteiger partial charge in [0.15, 0.2) is 11.5 Å². The van der Waals surface area contributed by atoms with Crippen LogP contribution in [0.2, 0.25) is 0 Å². The van der Waals surface area contributed by atoms with Gasteiger partial charge in [-0.3, -0.25) is 9.59 Å². The zero-order chi connectivity index (χ0) is 20.2. The van der Waals surface area contributed by atoms with Gasteiger partial charge in [0.05, 0.1) is 7.11 Å². The lowest BCUT2D eigenvalue weighted by Crippen LogP contribution is -2.45. The second kappa shape index (κ2) is 8.34. The first-order valence-corrected chi connectivity index (χ1v) is 9.73. The van der Waals surface area contributed by atoms with Crippen LogP contribution in [-0.2, 0) is 11.2 Å². The molecule has 1 fully saturated rings. The van der Waals surface area contributed by atoms with Gasteiger partial charge in [0, 0.05) is 18.5 Å². The van der Waals surface area contributed by atoms with E-state index in [9.17, 15) is 9.59 Å². The molecule has 1 atom stereocenters. The van der Waals surface area contributed by atoms with Gasteiger partial charge in [0.25, 0.3) is 5.91 Å². The number of nitrogens with zero attached hydrogens (tertiary/aromatic N) is 1. The van der Waals surface area contributed by atoms with Crippen LogP contribution in [0.5, 0.6) is 5.75 Å². The van der Waals surface area contributed by atoms with Gasteiger partial charge in [0.1, 0.15) is 17.3 Å². The van der Waals surface area contributed by atoms with E-state index < -0.39 is 6.04 Å². The van der Waals surface area contributed by atoms with Crippen molar-refractivity contribution in [3.63, 3.8) is 0 Å². The maximum absolute atomic E-state index is 12.6. The Balaban J connectivity index is 1.48. The van der Waals surface area contributed by atoms with Crippen molar-refractivity contribution in [3.05, 3.63) is 59.5 Å². The van der Waals surface area contributed by atoms with Gasteiger partial charge < -0.3 is 19.8 Å². The summed E-state index contributed by atoms with van der Waals surface area (Å²) in [7, 11) is 1.63. The molecule has 0 radical (unpaired) electrons. The number of oxazole rings is 1. The SMILES string of the molecule is COc1ccc(Cc2nc3ccc(C(=O)N[C@H]4CCCCNC4=O)cc3o2)cc1. The summed E-state index contributed by atoms with van der Waals surface area (Å²) in [6, 6.07) is 12.3. The van der Waals surface area contributed by atoms with Gasteiger partial charge in [-0.25, -0.2) is 4.98 Å². The summed E-state index contributed by atoms with van der Waals surface area (Å²) in [6.07, 6.45) is 3.02. The molecule has 4 rings (SSSR count). The average molecular weight is 393 g/mol. The molecule has 150 valence electrons. The number of amides is 2. The predicted octanol–water partition coefficient (Wildman–Crippen LogP) is 2.83. The van der Waals surface area contributed by atoms with E-state index in [0.717, 1.165) is 24.2 Å². The number of carbonyl (C=O) groups excluding carboxylic acids is 2. The lowest BCUT2D eigenvalue weighted by Gasteiger charge is -2.15. The Morgan fingerprint density at radius 3 is 2.86 bits per heavy atom. The van der Waals surface area contributed by atoms with E-state index in [2.05, 4.69) is 15.6 Å². The van der Waals surface area contributed by atoms with E-state index in [1.807, 2.05) is 24.3 Å². The standard InChI is InChI=1S/C22H23N3O4/c1-28-16-8-5-14(6-9-16)12-20-24-17-10-7-15(13-19(17)29-20)21(26)25-18-4-2-3-11-23-22(18)27/h5-10,13,18H,2-4,11-12H2,1H3,(H,23,27)(H,25,26)/t18-/m0/s1. The molecule has 1 aliphatic heterocycles. The molecule has 1 aliphatic rings. The maximum Gasteiger partial charge on any atom is 0.252 e. The lowest BCUT2D eigenvalue weighted by molar-refractivity contribution is -0.122. The Morgan fingerprint density at radius 2 is 2.07 bits per heavy atom. The third-order valence-corrected chi connectivity index (χ3v) is 5.05. The minimum atomic E-state index is -0.499. The summed E-state index contributed by atoms with van der Waals surface area (Å²) in [5.74, 6) is 0.954. The van der Waals surface area contributed by atoms with Crippen molar-refractivity contribution in [1.82, 2.24) is 15.6 Å². The molecule has 7 heteroatoms. The van der Waals surface area contributed by atoms with Crippen LogP contribution in [0.4, 0.5) is 0 Å². The van der Waals surface area contributed by atoms with Crippen LogP contribution in [0.25, 0.3) is 11.1 Å². The molecule has 2 amide bonds. The number of fused-ring (bicyclic) bond motifs is 1. The zero-order valence-corrected chi connectivity index (χ0v) is 16.2. The molecule has 0 aliphatic carbocycles. The Kier molecular flexibility index (Phi) is 5.46. The highest BCUT2D eigenvalue weighted by molar-refractivity contribution is 5.99. The molecule has 2 aromatic carbocycles. The van der Waals surface area contributed by atoms with Crippen LogP contribution in [0, 0.1) is 0 Å². The third kappa shape index (κ3) is 4.39. The van der Waals surface area contributed by atoms with E-state index >= 15 is 0 Å². The summed E-state index contributed by atoms with van der Waals surface area (Å²) < 4.78 is 11.0. The van der Waals surface area contributed by atoms with Crippen molar-refractivity contribution in [2.24, 2.45) is 0 Å². The van der Waals surface area contributed by atoms with Crippen molar-refractivity contribution < 1.29 is 18.7 Å². The highest BCUT2D eigenvalue weighted by Crippen LogP contribution is 2.21. The fraction of sp³-hybridized carbons (Fsp3) is 0.318. The summed E-state index contributed by atoms with van der Waals surface area (Å²) >= 11 is 0. The molecule has 1 aromatic heterocycles. The first kappa shape index (κ1) is 19.0. The van der Waals surface area contributed by atoms with Crippen molar-refractivity contribution in [1.29, 1.82) is 0 Å². The Morgan fingerprint density at radius 1 is 1.24 bits per heavy atom. The van der Waals surface area contributed by atoms with Crippen LogP contribution < -0.4 is 15.4 Å². The highest BCUT2D eigenvalue weighted by Gasteiger charge is 2.23. The fourth-order valence-electron chi connectivity index (χ4n) is 3.43. The maximum atomic E-state index is 12.6. The van der Waals surface area contributed by atoms with Gasteiger partial charge in [0.2, 0.25) is 5.91 Å². The summed E-state index contributed by atoms with van der Waals surface area (Å²) in [5.41, 5.74) is 2.74. The van der Waals surface area contributed by atoms with Crippen LogP contribution in [0.15, 0.2) is 46.9 Å². The van der Waals surface area contributed by atoms with E-state index in [1.54, 1.807) is 25.3 Å². The summed E-state index contributed by atoms with van der Waals surface area (Å²) in [5, 5.41) is 5.65. The lowest BCUT2D eigenvalue weighted by atomic mass is 10.1. The fourth-order valence-corrected chi connectivity index (χ4v) is 3.43. The van der Waals surface area contributed by atoms with E-state index in [-0.39, 0.29) is 11.8 Å². The van der Waals surface area contributed by atoms with Crippen molar-refractivity contribution in [2.45, 2.75) is 31.7 Å². The first-order chi connectivity index (χ1) is 14.1. The van der Waals surface area contributed by atoms with Gasteiger partial charge in [-0.1, -0.05) is 12.1 Å². The molecule has 0 saturated carbocycles. The average Bonchev–Trinajstić information content (AvgIpc) is 3.03. The first-order valence-electron chi connectivity index (χ1n) is 9.73. The molecule has 0 spiro atoms. The zero-order valence-electron chi connectivity index (χ0n) is 16.2. The topological polar surface area (TPSA) is 93.5 Å². The number of aromatic nitrogens is 1. The molecular weight excluding hydrogens is 370 g/mol. The van der Waals surface area contributed by atoms with Crippen LogP contribution in [-0.4, -0.2) is 36.5 Å². The molecule has 0 unspecified atom stereocenters. The van der Waals surface area contributed by atoms with Crippen molar-refractivity contribution in [3.8, 4) is 5.75 Å². The van der Waals surface area contributed by atoms with Crippen molar-refractivity contribution >= 4 is 22.9 Å². The molecular formula is C22H23N3O4.